The van der Waals surface area contributed by atoms with Crippen molar-refractivity contribution in [3.8, 4) is 0 Å². The van der Waals surface area contributed by atoms with Gasteiger partial charge in [0.05, 0.1) is 6.61 Å². The van der Waals surface area contributed by atoms with Crippen LogP contribution in [0, 0.1) is 5.82 Å². The summed E-state index contributed by atoms with van der Waals surface area (Å²) in [6.07, 6.45) is -0.349. The monoisotopic (exact) mass is 326 g/mol. The van der Waals surface area contributed by atoms with Crippen molar-refractivity contribution in [1.29, 1.82) is 0 Å². The molecule has 0 aromatic heterocycles. The third-order valence-electron chi connectivity index (χ3n) is 3.02. The van der Waals surface area contributed by atoms with Gasteiger partial charge in [-0.2, -0.15) is 0 Å². The average Bonchev–Trinajstić information content (AvgIpc) is 2.46. The lowest BCUT2D eigenvalue weighted by Gasteiger charge is -2.27. The van der Waals surface area contributed by atoms with Crippen molar-refractivity contribution in [3.05, 3.63) is 35.6 Å². The van der Waals surface area contributed by atoms with E-state index in [9.17, 15) is 9.18 Å². The summed E-state index contributed by atoms with van der Waals surface area (Å²) >= 11 is 0. The second-order valence-electron chi connectivity index (χ2n) is 6.26. The van der Waals surface area contributed by atoms with E-state index in [1.807, 2.05) is 20.8 Å². The fourth-order valence-corrected chi connectivity index (χ4v) is 1.87. The fraction of sp³-hybridized carbons (Fsp3) is 0.588. The number of rotatable bonds is 8. The molecule has 6 heteroatoms. The predicted molar refractivity (Wildman–Crippen MR) is 87.8 cm³/mol. The van der Waals surface area contributed by atoms with Crippen molar-refractivity contribution in [2.24, 2.45) is 0 Å². The zero-order valence-electron chi connectivity index (χ0n) is 14.4. The van der Waals surface area contributed by atoms with Gasteiger partial charge in [0.25, 0.3) is 0 Å². The summed E-state index contributed by atoms with van der Waals surface area (Å²) in [5, 5.41) is 3.23. The number of amides is 1. The highest BCUT2D eigenvalue weighted by molar-refractivity contribution is 5.68. The lowest BCUT2D eigenvalue weighted by Crippen LogP contribution is -2.42. The molecule has 0 saturated carbocycles. The van der Waals surface area contributed by atoms with Gasteiger partial charge in [-0.15, -0.1) is 0 Å². The number of nitrogens with zero attached hydrogens (tertiary/aromatic N) is 1. The molecule has 130 valence electrons. The van der Waals surface area contributed by atoms with Crippen molar-refractivity contribution >= 4 is 6.09 Å². The van der Waals surface area contributed by atoms with E-state index in [0.29, 0.717) is 32.8 Å². The predicted octanol–water partition coefficient (Wildman–Crippen LogP) is 2.80. The Morgan fingerprint density at radius 3 is 2.43 bits per heavy atom. The van der Waals surface area contributed by atoms with Crippen LogP contribution in [0.1, 0.15) is 26.3 Å². The summed E-state index contributed by atoms with van der Waals surface area (Å²) in [5.74, 6) is -0.246. The van der Waals surface area contributed by atoms with Gasteiger partial charge < -0.3 is 19.7 Å². The molecular weight excluding hydrogens is 299 g/mol. The van der Waals surface area contributed by atoms with Crippen molar-refractivity contribution in [3.63, 3.8) is 0 Å². The Bertz CT molecular complexity index is 472. The van der Waals surface area contributed by atoms with Crippen LogP contribution < -0.4 is 5.32 Å². The number of methoxy groups -OCH3 is 1. The van der Waals surface area contributed by atoms with Crippen LogP contribution in [0.25, 0.3) is 0 Å². The van der Waals surface area contributed by atoms with Crippen LogP contribution in [0.4, 0.5) is 9.18 Å². The maximum absolute atomic E-state index is 12.8. The Kier molecular flexibility index (Phi) is 7.98. The minimum atomic E-state index is -0.524. The molecule has 0 aliphatic heterocycles. The molecule has 1 rings (SSSR count). The molecule has 0 aliphatic carbocycles. The maximum Gasteiger partial charge on any atom is 0.410 e. The molecule has 0 saturated heterocycles. The molecule has 1 N–H and O–H groups in total. The molecule has 0 spiro atoms. The third-order valence-corrected chi connectivity index (χ3v) is 3.02. The Morgan fingerprint density at radius 2 is 1.87 bits per heavy atom. The van der Waals surface area contributed by atoms with E-state index in [0.717, 1.165) is 5.56 Å². The topological polar surface area (TPSA) is 50.8 Å². The van der Waals surface area contributed by atoms with Crippen LogP contribution in [0.5, 0.6) is 0 Å². The summed E-state index contributed by atoms with van der Waals surface area (Å²) in [6, 6.07) is 6.34. The first kappa shape index (κ1) is 19.4. The molecule has 1 aromatic carbocycles. The van der Waals surface area contributed by atoms with Crippen LogP contribution in [0.2, 0.25) is 0 Å². The average molecular weight is 326 g/mol. The molecule has 0 fully saturated rings. The fourth-order valence-electron chi connectivity index (χ4n) is 1.87. The highest BCUT2D eigenvalue weighted by atomic mass is 19.1. The molecule has 0 unspecified atom stereocenters. The van der Waals surface area contributed by atoms with E-state index in [1.54, 1.807) is 24.1 Å². The Balaban J connectivity index is 2.41. The Labute approximate surface area is 137 Å². The van der Waals surface area contributed by atoms with E-state index >= 15 is 0 Å². The zero-order chi connectivity index (χ0) is 17.3. The van der Waals surface area contributed by atoms with Gasteiger partial charge in [0.15, 0.2) is 0 Å². The van der Waals surface area contributed by atoms with Gasteiger partial charge in [0.2, 0.25) is 0 Å². The summed E-state index contributed by atoms with van der Waals surface area (Å²) in [6.45, 7) is 8.19. The second kappa shape index (κ2) is 9.47. The number of halogens is 1. The summed E-state index contributed by atoms with van der Waals surface area (Å²) in [5.41, 5.74) is 0.469. The van der Waals surface area contributed by atoms with Crippen LogP contribution in [0.15, 0.2) is 24.3 Å². The normalized spacial score (nSPS) is 11.3. The minimum absolute atomic E-state index is 0.246. The van der Waals surface area contributed by atoms with Crippen LogP contribution >= 0.6 is 0 Å². The molecular formula is C17H27FN2O3. The summed E-state index contributed by atoms with van der Waals surface area (Å²) < 4.78 is 23.3. The van der Waals surface area contributed by atoms with E-state index < -0.39 is 5.60 Å². The number of carbonyl (C=O) groups is 1. The van der Waals surface area contributed by atoms with E-state index in [1.165, 1.54) is 12.1 Å². The lowest BCUT2D eigenvalue weighted by molar-refractivity contribution is 0.0204. The highest BCUT2D eigenvalue weighted by Gasteiger charge is 2.21. The van der Waals surface area contributed by atoms with Gasteiger partial charge in [-0.3, -0.25) is 0 Å². The SMILES string of the molecule is COCCN(CCNCc1ccc(F)cc1)C(=O)OC(C)(C)C. The van der Waals surface area contributed by atoms with Gasteiger partial charge in [0.1, 0.15) is 11.4 Å². The van der Waals surface area contributed by atoms with Crippen molar-refractivity contribution in [1.82, 2.24) is 10.2 Å². The second-order valence-corrected chi connectivity index (χ2v) is 6.26. The Hall–Kier alpha value is -1.66. The van der Waals surface area contributed by atoms with Crippen molar-refractivity contribution in [2.75, 3.05) is 33.4 Å². The standard InChI is InChI=1S/C17H27FN2O3/c1-17(2,3)23-16(21)20(11-12-22-4)10-9-19-13-14-5-7-15(18)8-6-14/h5-8,19H,9-13H2,1-4H3. The number of hydrogen-bond donors (Lipinski definition) is 1. The molecule has 0 aliphatic rings. The molecule has 0 heterocycles. The van der Waals surface area contributed by atoms with E-state index in [-0.39, 0.29) is 11.9 Å². The molecule has 0 atom stereocenters. The van der Waals surface area contributed by atoms with E-state index in [4.69, 9.17) is 9.47 Å². The van der Waals surface area contributed by atoms with Crippen LogP contribution in [0.3, 0.4) is 0 Å². The van der Waals surface area contributed by atoms with Crippen molar-refractivity contribution in [2.45, 2.75) is 32.9 Å². The zero-order valence-corrected chi connectivity index (χ0v) is 14.4. The van der Waals surface area contributed by atoms with Gasteiger partial charge in [0, 0.05) is 33.3 Å². The number of carbonyl (C=O) groups excluding carboxylic acids is 1. The molecule has 0 bridgehead atoms. The van der Waals surface area contributed by atoms with Crippen LogP contribution in [-0.2, 0) is 16.0 Å². The molecule has 23 heavy (non-hydrogen) atoms. The lowest BCUT2D eigenvalue weighted by atomic mass is 10.2. The first-order chi connectivity index (χ1) is 10.8. The first-order valence-corrected chi connectivity index (χ1v) is 7.74. The number of hydrogen-bond acceptors (Lipinski definition) is 4. The van der Waals surface area contributed by atoms with Crippen molar-refractivity contribution < 1.29 is 18.7 Å². The van der Waals surface area contributed by atoms with Gasteiger partial charge in [-0.25, -0.2) is 9.18 Å². The summed E-state index contributed by atoms with van der Waals surface area (Å²) in [4.78, 5) is 13.8. The van der Waals surface area contributed by atoms with Gasteiger partial charge >= 0.3 is 6.09 Å². The van der Waals surface area contributed by atoms with Gasteiger partial charge in [-0.05, 0) is 38.5 Å². The van der Waals surface area contributed by atoms with Gasteiger partial charge in [-0.1, -0.05) is 12.1 Å². The first-order valence-electron chi connectivity index (χ1n) is 7.74. The third kappa shape index (κ3) is 8.52. The molecule has 1 amide bonds. The largest absolute Gasteiger partial charge is 0.444 e. The minimum Gasteiger partial charge on any atom is -0.444 e. The maximum atomic E-state index is 12.8. The smallest absolute Gasteiger partial charge is 0.410 e. The van der Waals surface area contributed by atoms with E-state index in [2.05, 4.69) is 5.32 Å². The molecule has 5 nitrogen and oxygen atoms in total. The quantitative estimate of drug-likeness (QED) is 0.746. The number of benzene rings is 1. The summed E-state index contributed by atoms with van der Waals surface area (Å²) in [7, 11) is 1.60. The molecule has 0 radical (unpaired) electrons. The molecule has 1 aromatic rings. The number of ether oxygens (including phenoxy) is 2. The van der Waals surface area contributed by atoms with Crippen LogP contribution in [-0.4, -0.2) is 49.9 Å². The Morgan fingerprint density at radius 1 is 1.22 bits per heavy atom. The number of nitrogens with one attached hydrogen (secondary N) is 1. The highest BCUT2D eigenvalue weighted by Crippen LogP contribution is 2.09.